The molecule has 1 unspecified atom stereocenters. The lowest BCUT2D eigenvalue weighted by molar-refractivity contribution is -0.190. The minimum absolute atomic E-state index is 0.0756. The number of hydrogen-bond acceptors (Lipinski definition) is 8. The third-order valence-electron chi connectivity index (χ3n) is 8.24. The minimum atomic E-state index is -4.22. The number of fused-ring (bicyclic) bond motifs is 3. The predicted octanol–water partition coefficient (Wildman–Crippen LogP) is 5.94. The second-order valence-electron chi connectivity index (χ2n) is 11.6. The van der Waals surface area contributed by atoms with Crippen molar-refractivity contribution in [3.05, 3.63) is 55.0 Å². The summed E-state index contributed by atoms with van der Waals surface area (Å²) in [5.41, 5.74) is -1.47. The molecule has 2 N–H and O–H groups in total. The Bertz CT molecular complexity index is 1380. The zero-order chi connectivity index (χ0) is 30.1. The molecular weight excluding hydrogens is 567 g/mol. The fourth-order valence-electron chi connectivity index (χ4n) is 5.62. The lowest BCUT2D eigenvalue weighted by atomic mass is 10.0. The molecule has 1 aliphatic carbocycles. The fourth-order valence-corrected chi connectivity index (χ4v) is 6.17. The van der Waals surface area contributed by atoms with Crippen LogP contribution in [0.25, 0.3) is 5.82 Å². The van der Waals surface area contributed by atoms with E-state index < -0.39 is 11.6 Å². The van der Waals surface area contributed by atoms with E-state index >= 15 is 0 Å². The van der Waals surface area contributed by atoms with Gasteiger partial charge in [0.25, 0.3) is 5.91 Å². The number of hydrogen-bond donors (Lipinski definition) is 2. The van der Waals surface area contributed by atoms with Crippen LogP contribution in [0.1, 0.15) is 69.2 Å². The van der Waals surface area contributed by atoms with Crippen LogP contribution in [-0.2, 0) is 0 Å². The number of pyridine rings is 1. The van der Waals surface area contributed by atoms with Crippen LogP contribution in [0.15, 0.2) is 54.4 Å². The fraction of sp³-hybridized carbons (Fsp3) is 0.517. The highest BCUT2D eigenvalue weighted by Gasteiger charge is 2.62. The summed E-state index contributed by atoms with van der Waals surface area (Å²) in [6.45, 7) is 12.7. The molecule has 2 aromatic rings. The van der Waals surface area contributed by atoms with Gasteiger partial charge in [-0.15, -0.1) is 5.10 Å². The Morgan fingerprint density at radius 1 is 1.21 bits per heavy atom. The average Bonchev–Trinajstić information content (AvgIpc) is 3.49. The number of nitrogens with one attached hydrogen (secondary N) is 2. The summed E-state index contributed by atoms with van der Waals surface area (Å²) in [6, 6.07) is 5.17. The third kappa shape index (κ3) is 6.30. The highest BCUT2D eigenvalue weighted by molar-refractivity contribution is 8.13. The van der Waals surface area contributed by atoms with Crippen molar-refractivity contribution < 1.29 is 22.7 Å². The zero-order valence-corrected chi connectivity index (χ0v) is 24.7. The molecule has 2 aromatic heterocycles. The Balaban J connectivity index is 1.42. The summed E-state index contributed by atoms with van der Waals surface area (Å²) >= 11 is 1.05. The maximum absolute atomic E-state index is 13.5. The number of aliphatic imine (C=N–C) groups is 1. The lowest BCUT2D eigenvalue weighted by Gasteiger charge is -2.38. The molecule has 1 saturated carbocycles. The number of halogens is 3. The molecule has 0 aromatic carbocycles. The van der Waals surface area contributed by atoms with E-state index in [2.05, 4.69) is 52.0 Å². The lowest BCUT2D eigenvalue weighted by Crippen LogP contribution is -2.45. The van der Waals surface area contributed by atoms with Gasteiger partial charge in [0.15, 0.2) is 5.82 Å². The Morgan fingerprint density at radius 2 is 2.00 bits per heavy atom. The molecule has 226 valence electrons. The van der Waals surface area contributed by atoms with Gasteiger partial charge in [0, 0.05) is 42.3 Å². The highest BCUT2D eigenvalue weighted by atomic mass is 32.2. The largest absolute Gasteiger partial charge is 0.477 e. The van der Waals surface area contributed by atoms with Crippen molar-refractivity contribution in [2.24, 2.45) is 10.4 Å². The van der Waals surface area contributed by atoms with Gasteiger partial charge in [-0.2, -0.15) is 13.2 Å². The minimum Gasteiger partial charge on any atom is -0.477 e. The molecule has 2 fully saturated rings. The molecule has 1 atom stereocenters. The van der Waals surface area contributed by atoms with Crippen molar-refractivity contribution in [2.75, 3.05) is 18.1 Å². The van der Waals surface area contributed by atoms with Crippen LogP contribution in [0.2, 0.25) is 0 Å². The molecule has 13 heteroatoms. The summed E-state index contributed by atoms with van der Waals surface area (Å²) in [5, 5.41) is 8.14. The Hall–Kier alpha value is -3.48. The molecule has 3 aliphatic rings. The van der Waals surface area contributed by atoms with Gasteiger partial charge in [0.05, 0.1) is 17.6 Å². The molecule has 0 spiro atoms. The first-order chi connectivity index (χ1) is 19.9. The van der Waals surface area contributed by atoms with Crippen LogP contribution in [0, 0.1) is 5.41 Å². The average molecular weight is 604 g/mol. The Labute approximate surface area is 247 Å². The van der Waals surface area contributed by atoms with Crippen molar-refractivity contribution in [3.63, 3.8) is 0 Å². The molecule has 42 heavy (non-hydrogen) atoms. The number of alkyl halides is 3. The second-order valence-corrected chi connectivity index (χ2v) is 12.4. The molecule has 9 nitrogen and oxygen atoms in total. The summed E-state index contributed by atoms with van der Waals surface area (Å²) in [7, 11) is 0. The molecule has 0 bridgehead atoms. The first kappa shape index (κ1) is 30.0. The maximum atomic E-state index is 13.5. The van der Waals surface area contributed by atoms with Gasteiger partial charge in [0.1, 0.15) is 16.7 Å². The van der Waals surface area contributed by atoms with Crippen LogP contribution in [-0.4, -0.2) is 56.6 Å². The third-order valence-corrected chi connectivity index (χ3v) is 8.99. The summed E-state index contributed by atoms with van der Waals surface area (Å²) in [4.78, 5) is 25.1. The maximum Gasteiger partial charge on any atom is 0.394 e. The monoisotopic (exact) mass is 603 g/mol. The van der Waals surface area contributed by atoms with Crippen LogP contribution in [0.5, 0.6) is 5.88 Å². The number of rotatable bonds is 6. The Kier molecular flexibility index (Phi) is 8.32. The van der Waals surface area contributed by atoms with E-state index in [0.717, 1.165) is 37.6 Å². The first-order valence-electron chi connectivity index (χ1n) is 14.1. The van der Waals surface area contributed by atoms with Crippen molar-refractivity contribution in [3.8, 4) is 11.7 Å². The summed E-state index contributed by atoms with van der Waals surface area (Å²) < 4.78 is 49.7. The smallest absolute Gasteiger partial charge is 0.394 e. The van der Waals surface area contributed by atoms with E-state index in [1.54, 1.807) is 30.5 Å². The summed E-state index contributed by atoms with van der Waals surface area (Å²) in [5.74, 6) is 1.40. The second kappa shape index (κ2) is 11.7. The van der Waals surface area contributed by atoms with Crippen LogP contribution >= 0.6 is 11.9 Å². The number of ether oxygens (including phenoxy) is 1. The molecule has 1 amide bonds. The van der Waals surface area contributed by atoms with Gasteiger partial charge in [0.2, 0.25) is 5.88 Å². The van der Waals surface area contributed by atoms with E-state index in [9.17, 15) is 18.0 Å². The molecule has 4 heterocycles. The van der Waals surface area contributed by atoms with Crippen molar-refractivity contribution in [1.29, 1.82) is 0 Å². The number of carbonyl (C=O) groups is 1. The van der Waals surface area contributed by atoms with E-state index in [1.165, 1.54) is 4.68 Å². The molecular formula is C29H36F3N7O2S. The molecule has 2 aliphatic heterocycles. The highest BCUT2D eigenvalue weighted by Crippen LogP contribution is 2.59. The van der Waals surface area contributed by atoms with E-state index in [1.807, 2.05) is 0 Å². The van der Waals surface area contributed by atoms with Crippen LogP contribution in [0.3, 0.4) is 0 Å². The Morgan fingerprint density at radius 3 is 2.71 bits per heavy atom. The quantitative estimate of drug-likeness (QED) is 0.395. The van der Waals surface area contributed by atoms with Crippen molar-refractivity contribution in [1.82, 2.24) is 24.8 Å². The number of aromatic nitrogens is 3. The standard InChI is InChI=1S/C29H36F3N7O2S/c1-5-24-34-19(2)33-16-6-7-20-10-12-27(3,4)39(20)25-21(26(40)37-42-24)8-9-22(35-25)38-17-11-23(36-38)41-18-15-28(13-14-28)29(30,31)32/h5,8-9,11,17,20,33H,1-2,6-7,10,12-16,18H2,3-4H3,(H,37,40)/b34-24+. The van der Waals surface area contributed by atoms with Gasteiger partial charge in [-0.05, 0) is 77.0 Å². The van der Waals surface area contributed by atoms with Gasteiger partial charge < -0.3 is 15.0 Å². The van der Waals surface area contributed by atoms with Crippen molar-refractivity contribution in [2.45, 2.75) is 76.6 Å². The van der Waals surface area contributed by atoms with Crippen LogP contribution < -0.4 is 19.7 Å². The first-order valence-corrected chi connectivity index (χ1v) is 14.9. The van der Waals surface area contributed by atoms with E-state index in [-0.39, 0.29) is 49.2 Å². The van der Waals surface area contributed by atoms with E-state index in [4.69, 9.17) is 9.72 Å². The molecule has 0 radical (unpaired) electrons. The number of carbonyl (C=O) groups excluding carboxylic acids is 1. The summed E-state index contributed by atoms with van der Waals surface area (Å²) in [6.07, 6.45) is 2.81. The number of anilines is 1. The topological polar surface area (TPSA) is 96.7 Å². The van der Waals surface area contributed by atoms with Gasteiger partial charge >= 0.3 is 6.18 Å². The predicted molar refractivity (Wildman–Crippen MR) is 158 cm³/mol. The number of nitrogens with zero attached hydrogens (tertiary/aromatic N) is 5. The van der Waals surface area contributed by atoms with Gasteiger partial charge in [-0.1, -0.05) is 13.2 Å². The normalized spacial score (nSPS) is 23.4. The zero-order valence-electron chi connectivity index (χ0n) is 23.8. The molecule has 1 saturated heterocycles. The van der Waals surface area contributed by atoms with Gasteiger partial charge in [-0.3, -0.25) is 9.52 Å². The van der Waals surface area contributed by atoms with Gasteiger partial charge in [-0.25, -0.2) is 14.7 Å². The van der Waals surface area contributed by atoms with Crippen LogP contribution in [0.4, 0.5) is 19.0 Å². The SMILES string of the molecule is C=C/C1=N\C(=C)NCCCC2CCC(C)(C)N2c2nc(-n3ccc(OCCC4(C(F)(F)F)CC4)n3)ccc2C(=O)NS1. The number of amides is 1. The van der Waals surface area contributed by atoms with Crippen molar-refractivity contribution >= 4 is 28.7 Å². The van der Waals surface area contributed by atoms with E-state index in [0.29, 0.717) is 34.6 Å². The molecule has 5 rings (SSSR count).